The first-order valence-electron chi connectivity index (χ1n) is 3.27. The lowest BCUT2D eigenvalue weighted by Crippen LogP contribution is -2.43. The van der Waals surface area contributed by atoms with Crippen molar-refractivity contribution in [2.45, 2.75) is 18.3 Å². The maximum absolute atomic E-state index is 9.91. The molecule has 0 radical (unpaired) electrons. The van der Waals surface area contributed by atoms with Crippen molar-refractivity contribution in [3.8, 4) is 0 Å². The van der Waals surface area contributed by atoms with E-state index in [9.17, 15) is 4.79 Å². The van der Waals surface area contributed by atoms with Gasteiger partial charge in [-0.1, -0.05) is 0 Å². The first-order valence-corrected chi connectivity index (χ1v) is 3.27. The van der Waals surface area contributed by atoms with Gasteiger partial charge in [0.15, 0.2) is 6.29 Å². The summed E-state index contributed by atoms with van der Waals surface area (Å²) in [6.45, 7) is 0.131. The van der Waals surface area contributed by atoms with Crippen LogP contribution in [-0.4, -0.2) is 53.5 Å². The topological polar surface area (TPSA) is 89.8 Å². The Bertz CT molecular complexity index is 119. The summed E-state index contributed by atoms with van der Waals surface area (Å²) in [7, 11) is 1.59. The molecule has 0 bridgehead atoms. The molecule has 5 heteroatoms. The van der Waals surface area contributed by atoms with E-state index >= 15 is 0 Å². The second-order valence-corrected chi connectivity index (χ2v) is 2.24. The van der Waals surface area contributed by atoms with Gasteiger partial charge in [0.2, 0.25) is 0 Å². The monoisotopic (exact) mass is 163 g/mol. The minimum absolute atomic E-state index is 0.131. The van der Waals surface area contributed by atoms with E-state index in [-0.39, 0.29) is 12.8 Å². The number of rotatable bonds is 5. The Morgan fingerprint density at radius 2 is 2.00 bits per heavy atom. The lowest BCUT2D eigenvalue weighted by molar-refractivity contribution is -0.125. The fourth-order valence-electron chi connectivity index (χ4n) is 0.638. The second kappa shape index (κ2) is 5.20. The van der Waals surface area contributed by atoms with Crippen molar-refractivity contribution in [2.24, 2.45) is 0 Å². The summed E-state index contributed by atoms with van der Waals surface area (Å²) < 4.78 is 0. The summed E-state index contributed by atoms with van der Waals surface area (Å²) in [6.07, 6.45) is -3.87. The highest BCUT2D eigenvalue weighted by atomic mass is 16.4. The molecule has 0 aromatic heterocycles. The Labute approximate surface area is 64.7 Å². The lowest BCUT2D eigenvalue weighted by Gasteiger charge is -2.18. The van der Waals surface area contributed by atoms with Crippen LogP contribution in [-0.2, 0) is 4.79 Å². The fraction of sp³-hybridized carbons (Fsp3) is 0.833. The van der Waals surface area contributed by atoms with Crippen LogP contribution in [0.25, 0.3) is 0 Å². The molecule has 0 amide bonds. The van der Waals surface area contributed by atoms with Crippen LogP contribution >= 0.6 is 0 Å². The molecule has 66 valence electrons. The molecule has 0 rings (SSSR count). The first-order chi connectivity index (χ1) is 5.13. The molecule has 4 N–H and O–H groups in total. The van der Waals surface area contributed by atoms with Gasteiger partial charge in [0.05, 0.1) is 6.10 Å². The Morgan fingerprint density at radius 3 is 2.36 bits per heavy atom. The second-order valence-electron chi connectivity index (χ2n) is 2.24. The number of carbonyl (C=O) groups is 1. The molecule has 0 spiro atoms. The molecule has 0 fully saturated rings. The van der Waals surface area contributed by atoms with Crippen LogP contribution in [0.15, 0.2) is 0 Å². The van der Waals surface area contributed by atoms with Crippen molar-refractivity contribution in [1.29, 1.82) is 0 Å². The average Bonchev–Trinajstić information content (AvgIpc) is 2.02. The summed E-state index contributed by atoms with van der Waals surface area (Å²) >= 11 is 0. The van der Waals surface area contributed by atoms with Crippen molar-refractivity contribution >= 4 is 6.29 Å². The van der Waals surface area contributed by atoms with E-state index in [4.69, 9.17) is 15.3 Å². The molecule has 0 aromatic rings. The standard InChI is InChI=1S/C6H13NO4/c1-7-2-4(9)6(11)5(10)3-8/h3-7,9-11H,2H2,1H3/t4-,5+,6-/m1/s1. The van der Waals surface area contributed by atoms with Crippen LogP contribution in [0.3, 0.4) is 0 Å². The molecular formula is C6H13NO4. The van der Waals surface area contributed by atoms with Crippen molar-refractivity contribution in [1.82, 2.24) is 5.32 Å². The smallest absolute Gasteiger partial charge is 0.151 e. The zero-order chi connectivity index (χ0) is 8.85. The Morgan fingerprint density at radius 1 is 1.45 bits per heavy atom. The van der Waals surface area contributed by atoms with Crippen molar-refractivity contribution < 1.29 is 20.1 Å². The van der Waals surface area contributed by atoms with Crippen LogP contribution in [0, 0.1) is 0 Å². The van der Waals surface area contributed by atoms with E-state index in [0.29, 0.717) is 0 Å². The third-order valence-electron chi connectivity index (χ3n) is 1.30. The summed E-state index contributed by atoms with van der Waals surface area (Å²) in [5, 5.41) is 29.2. The van der Waals surface area contributed by atoms with Gasteiger partial charge in [0.25, 0.3) is 0 Å². The van der Waals surface area contributed by atoms with E-state index in [1.165, 1.54) is 0 Å². The number of aldehydes is 1. The van der Waals surface area contributed by atoms with Crippen LogP contribution < -0.4 is 5.32 Å². The van der Waals surface area contributed by atoms with E-state index in [0.717, 1.165) is 0 Å². The molecule has 0 saturated carbocycles. The Hall–Kier alpha value is -0.490. The van der Waals surface area contributed by atoms with Gasteiger partial charge in [-0.2, -0.15) is 0 Å². The maximum Gasteiger partial charge on any atom is 0.151 e. The predicted octanol–water partition coefficient (Wildman–Crippen LogP) is -2.51. The summed E-state index contributed by atoms with van der Waals surface area (Å²) in [5.74, 6) is 0. The number of hydrogen-bond acceptors (Lipinski definition) is 5. The highest BCUT2D eigenvalue weighted by Crippen LogP contribution is 1.96. The van der Waals surface area contributed by atoms with E-state index in [2.05, 4.69) is 5.32 Å². The normalized spacial score (nSPS) is 18.9. The molecule has 0 aromatic carbocycles. The number of aliphatic hydroxyl groups is 3. The van der Waals surface area contributed by atoms with Gasteiger partial charge in [-0.05, 0) is 7.05 Å². The van der Waals surface area contributed by atoms with Gasteiger partial charge in [0.1, 0.15) is 12.2 Å². The van der Waals surface area contributed by atoms with Crippen molar-refractivity contribution in [2.75, 3.05) is 13.6 Å². The SMILES string of the molecule is CNC[C@@H](O)[C@@H](O)[C@@H](O)C=O. The summed E-state index contributed by atoms with van der Waals surface area (Å²) in [5.41, 5.74) is 0. The Kier molecular flexibility index (Phi) is 4.97. The minimum Gasteiger partial charge on any atom is -0.389 e. The molecule has 0 aliphatic heterocycles. The molecular weight excluding hydrogens is 150 g/mol. The molecule has 0 unspecified atom stereocenters. The van der Waals surface area contributed by atoms with Gasteiger partial charge in [0, 0.05) is 6.54 Å². The number of likely N-dealkylation sites (N-methyl/N-ethyl adjacent to an activating group) is 1. The van der Waals surface area contributed by atoms with Crippen LogP contribution in [0.1, 0.15) is 0 Å². The molecule has 11 heavy (non-hydrogen) atoms. The highest BCUT2D eigenvalue weighted by Gasteiger charge is 2.22. The zero-order valence-corrected chi connectivity index (χ0v) is 6.27. The van der Waals surface area contributed by atoms with Crippen LogP contribution in [0.2, 0.25) is 0 Å². The van der Waals surface area contributed by atoms with E-state index < -0.39 is 18.3 Å². The third kappa shape index (κ3) is 3.43. The molecule has 0 aliphatic rings. The van der Waals surface area contributed by atoms with Gasteiger partial charge in [-0.3, -0.25) is 0 Å². The van der Waals surface area contributed by atoms with E-state index in [1.54, 1.807) is 7.05 Å². The fourth-order valence-corrected chi connectivity index (χ4v) is 0.638. The van der Waals surface area contributed by atoms with Gasteiger partial charge in [-0.25, -0.2) is 0 Å². The van der Waals surface area contributed by atoms with Crippen LogP contribution in [0.4, 0.5) is 0 Å². The maximum atomic E-state index is 9.91. The average molecular weight is 163 g/mol. The van der Waals surface area contributed by atoms with Crippen molar-refractivity contribution in [3.63, 3.8) is 0 Å². The molecule has 3 atom stereocenters. The largest absolute Gasteiger partial charge is 0.389 e. The minimum atomic E-state index is -1.52. The highest BCUT2D eigenvalue weighted by molar-refractivity contribution is 5.56. The van der Waals surface area contributed by atoms with Gasteiger partial charge < -0.3 is 25.4 Å². The van der Waals surface area contributed by atoms with Gasteiger partial charge >= 0.3 is 0 Å². The van der Waals surface area contributed by atoms with Crippen LogP contribution in [0.5, 0.6) is 0 Å². The molecule has 0 heterocycles. The molecule has 5 nitrogen and oxygen atoms in total. The Balaban J connectivity index is 3.79. The molecule has 0 saturated heterocycles. The number of aliphatic hydroxyl groups excluding tert-OH is 3. The zero-order valence-electron chi connectivity index (χ0n) is 6.27. The first kappa shape index (κ1) is 10.5. The summed E-state index contributed by atoms with van der Waals surface area (Å²) in [6, 6.07) is 0. The quantitative estimate of drug-likeness (QED) is 0.336. The molecule has 0 aliphatic carbocycles. The summed E-state index contributed by atoms with van der Waals surface area (Å²) in [4.78, 5) is 9.91. The lowest BCUT2D eigenvalue weighted by atomic mass is 10.1. The van der Waals surface area contributed by atoms with E-state index in [1.807, 2.05) is 0 Å². The number of nitrogens with one attached hydrogen (secondary N) is 1. The predicted molar refractivity (Wildman–Crippen MR) is 38.0 cm³/mol. The number of carbonyl (C=O) groups excluding carboxylic acids is 1. The van der Waals surface area contributed by atoms with Crippen molar-refractivity contribution in [3.05, 3.63) is 0 Å². The third-order valence-corrected chi connectivity index (χ3v) is 1.30. The number of hydrogen-bond donors (Lipinski definition) is 4. The van der Waals surface area contributed by atoms with Gasteiger partial charge in [-0.15, -0.1) is 0 Å².